The number of hydrogen-bond donors (Lipinski definition) is 3. The van der Waals surface area contributed by atoms with E-state index in [1.165, 1.54) is 122 Å². The molecular weight excluding hydrogens is 683 g/mol. The highest BCUT2D eigenvalue weighted by molar-refractivity contribution is 5.76. The zero-order valence-corrected chi connectivity index (χ0v) is 36.4. The summed E-state index contributed by atoms with van der Waals surface area (Å²) in [5.74, 6) is -0.149. The van der Waals surface area contributed by atoms with Crippen molar-refractivity contribution in [3.05, 3.63) is 36.5 Å². The lowest BCUT2D eigenvalue weighted by Crippen LogP contribution is -2.45. The normalized spacial score (nSPS) is 13.0. The second kappa shape index (κ2) is 44.8. The van der Waals surface area contributed by atoms with E-state index < -0.39 is 12.1 Å². The van der Waals surface area contributed by atoms with Crippen molar-refractivity contribution >= 4 is 11.9 Å². The minimum atomic E-state index is -0.696. The molecule has 6 nitrogen and oxygen atoms in total. The first-order valence-corrected chi connectivity index (χ1v) is 23.7. The zero-order chi connectivity index (χ0) is 40.1. The predicted octanol–water partition coefficient (Wildman–Crippen LogP) is 13.7. The molecule has 2 atom stereocenters. The summed E-state index contributed by atoms with van der Waals surface area (Å²) in [6.07, 6.45) is 52.5. The summed E-state index contributed by atoms with van der Waals surface area (Å²) in [6.45, 7) is 4.78. The quantitative estimate of drug-likeness (QED) is 0.0326. The molecule has 2 unspecified atom stereocenters. The van der Waals surface area contributed by atoms with E-state index in [0.29, 0.717) is 25.9 Å². The van der Waals surface area contributed by atoms with Crippen LogP contribution in [0.4, 0.5) is 0 Å². The Balaban J connectivity index is 3.57. The lowest BCUT2D eigenvalue weighted by atomic mass is 10.0. The molecule has 1 amide bonds. The summed E-state index contributed by atoms with van der Waals surface area (Å²) >= 11 is 0. The molecule has 0 aliphatic heterocycles. The van der Waals surface area contributed by atoms with E-state index in [0.717, 1.165) is 83.5 Å². The van der Waals surface area contributed by atoms with Crippen molar-refractivity contribution in [2.75, 3.05) is 13.2 Å². The van der Waals surface area contributed by atoms with Crippen molar-refractivity contribution in [3.8, 4) is 0 Å². The number of ether oxygens (including phenoxy) is 1. The van der Waals surface area contributed by atoms with Crippen LogP contribution >= 0.6 is 0 Å². The maximum atomic E-state index is 12.4. The van der Waals surface area contributed by atoms with Gasteiger partial charge in [0.2, 0.25) is 5.91 Å². The van der Waals surface area contributed by atoms with E-state index in [4.69, 9.17) is 4.74 Å². The summed E-state index contributed by atoms with van der Waals surface area (Å²) in [5.41, 5.74) is 0. The number of unbranched alkanes of at least 4 members (excludes halogenated alkanes) is 26. The topological polar surface area (TPSA) is 95.9 Å². The summed E-state index contributed by atoms with van der Waals surface area (Å²) in [7, 11) is 0. The fourth-order valence-corrected chi connectivity index (χ4v) is 6.97. The molecule has 55 heavy (non-hydrogen) atoms. The molecule has 3 N–H and O–H groups in total. The molecule has 0 aromatic rings. The second-order valence-electron chi connectivity index (χ2n) is 16.1. The molecule has 0 saturated carbocycles. The number of esters is 1. The Kier molecular flexibility index (Phi) is 43.2. The van der Waals surface area contributed by atoms with Crippen LogP contribution in [-0.2, 0) is 14.3 Å². The number of rotatable bonds is 43. The highest BCUT2D eigenvalue weighted by Crippen LogP contribution is 2.15. The first kappa shape index (κ1) is 53.1. The number of amides is 1. The summed E-state index contributed by atoms with van der Waals surface area (Å²) in [4.78, 5) is 24.4. The Morgan fingerprint density at radius 2 is 0.964 bits per heavy atom. The molecule has 0 bridgehead atoms. The van der Waals surface area contributed by atoms with Crippen LogP contribution in [0.5, 0.6) is 0 Å². The number of carbonyl (C=O) groups is 2. The molecule has 0 saturated heterocycles. The van der Waals surface area contributed by atoms with Gasteiger partial charge in [-0.1, -0.05) is 192 Å². The van der Waals surface area contributed by atoms with E-state index in [9.17, 15) is 19.8 Å². The van der Waals surface area contributed by atoms with Crippen LogP contribution in [0.1, 0.15) is 239 Å². The molecule has 0 fully saturated rings. The molecular formula is C49H91NO5. The van der Waals surface area contributed by atoms with Crippen LogP contribution < -0.4 is 5.32 Å². The molecule has 0 aliphatic carbocycles. The molecule has 0 rings (SSSR count). The van der Waals surface area contributed by atoms with Gasteiger partial charge in [-0.3, -0.25) is 9.59 Å². The van der Waals surface area contributed by atoms with Gasteiger partial charge in [0.1, 0.15) is 0 Å². The van der Waals surface area contributed by atoms with Gasteiger partial charge in [-0.25, -0.2) is 0 Å². The van der Waals surface area contributed by atoms with Crippen molar-refractivity contribution in [2.45, 2.75) is 251 Å². The van der Waals surface area contributed by atoms with Crippen LogP contribution in [0.25, 0.3) is 0 Å². The van der Waals surface area contributed by atoms with Crippen LogP contribution in [0, 0.1) is 0 Å². The predicted molar refractivity (Wildman–Crippen MR) is 236 cm³/mol. The Morgan fingerprint density at radius 1 is 0.509 bits per heavy atom. The lowest BCUT2D eigenvalue weighted by molar-refractivity contribution is -0.143. The first-order chi connectivity index (χ1) is 27.0. The summed E-state index contributed by atoms with van der Waals surface area (Å²) < 4.78 is 5.41. The van der Waals surface area contributed by atoms with Gasteiger partial charge < -0.3 is 20.3 Å². The third kappa shape index (κ3) is 41.5. The minimum absolute atomic E-state index is 0.0516. The standard InChI is InChI=1S/C49H91NO5/c1-3-5-7-9-11-13-15-17-18-19-21-22-25-29-33-37-41-47(52)46(45-51)50-48(53)42-38-34-30-26-24-28-32-36-40-44-55-49(54)43-39-35-31-27-23-20-16-14-12-10-8-6-4-2/h8,10,14,16,26,30,46-47,51-52H,3-7,9,11-13,15,17-25,27-29,31-45H2,1-2H3,(H,50,53)/b10-8-,16-14-,30-26-. The van der Waals surface area contributed by atoms with Crippen molar-refractivity contribution in [1.29, 1.82) is 0 Å². The highest BCUT2D eigenvalue weighted by Gasteiger charge is 2.19. The largest absolute Gasteiger partial charge is 0.466 e. The van der Waals surface area contributed by atoms with Crippen molar-refractivity contribution < 1.29 is 24.5 Å². The number of carbonyl (C=O) groups excluding carboxylic acids is 2. The van der Waals surface area contributed by atoms with Gasteiger partial charge in [-0.05, 0) is 70.6 Å². The van der Waals surface area contributed by atoms with Gasteiger partial charge in [0.15, 0.2) is 0 Å². The molecule has 0 aromatic carbocycles. The number of aliphatic hydroxyl groups is 2. The summed E-state index contributed by atoms with van der Waals surface area (Å²) in [6, 6.07) is -0.580. The molecule has 0 radical (unpaired) electrons. The van der Waals surface area contributed by atoms with E-state index in [1.54, 1.807) is 0 Å². The molecule has 322 valence electrons. The van der Waals surface area contributed by atoms with Gasteiger partial charge in [-0.2, -0.15) is 0 Å². The van der Waals surface area contributed by atoms with Gasteiger partial charge in [-0.15, -0.1) is 0 Å². The number of aliphatic hydroxyl groups excluding tert-OH is 2. The van der Waals surface area contributed by atoms with Crippen molar-refractivity contribution in [1.82, 2.24) is 5.32 Å². The molecule has 0 aliphatic rings. The van der Waals surface area contributed by atoms with Gasteiger partial charge in [0.05, 0.1) is 25.4 Å². The molecule has 6 heteroatoms. The van der Waals surface area contributed by atoms with E-state index >= 15 is 0 Å². The fraction of sp³-hybridized carbons (Fsp3) is 0.837. The van der Waals surface area contributed by atoms with Gasteiger partial charge in [0.25, 0.3) is 0 Å². The highest BCUT2D eigenvalue weighted by atomic mass is 16.5. The second-order valence-corrected chi connectivity index (χ2v) is 16.1. The van der Waals surface area contributed by atoms with Crippen LogP contribution in [0.3, 0.4) is 0 Å². The van der Waals surface area contributed by atoms with Crippen LogP contribution in [-0.4, -0.2) is 47.4 Å². The maximum absolute atomic E-state index is 12.4. The number of nitrogens with one attached hydrogen (secondary N) is 1. The minimum Gasteiger partial charge on any atom is -0.466 e. The number of hydrogen-bond acceptors (Lipinski definition) is 5. The van der Waals surface area contributed by atoms with Gasteiger partial charge >= 0.3 is 5.97 Å². The van der Waals surface area contributed by atoms with Crippen LogP contribution in [0.15, 0.2) is 36.5 Å². The Bertz CT molecular complexity index is 900. The van der Waals surface area contributed by atoms with E-state index in [-0.39, 0.29) is 18.5 Å². The first-order valence-electron chi connectivity index (χ1n) is 23.7. The zero-order valence-electron chi connectivity index (χ0n) is 36.4. The molecule has 0 spiro atoms. The Labute approximate surface area is 341 Å². The Morgan fingerprint density at radius 3 is 1.51 bits per heavy atom. The smallest absolute Gasteiger partial charge is 0.305 e. The maximum Gasteiger partial charge on any atom is 0.305 e. The monoisotopic (exact) mass is 774 g/mol. The Hall–Kier alpha value is -1.92. The number of allylic oxidation sites excluding steroid dienone is 6. The molecule has 0 heterocycles. The van der Waals surface area contributed by atoms with Crippen molar-refractivity contribution in [3.63, 3.8) is 0 Å². The SMILES string of the molecule is CCC/C=C\C/C=C\CCCCCCCC(=O)OCCCCCC/C=C\CCCC(=O)NC(CO)C(O)CCCCCCCCCCCCCCCCCC. The van der Waals surface area contributed by atoms with E-state index in [2.05, 4.69) is 55.6 Å². The fourth-order valence-electron chi connectivity index (χ4n) is 6.97. The summed E-state index contributed by atoms with van der Waals surface area (Å²) in [5, 5.41) is 23.1. The average Bonchev–Trinajstić information content (AvgIpc) is 3.18. The third-order valence-corrected chi connectivity index (χ3v) is 10.6. The third-order valence-electron chi connectivity index (χ3n) is 10.6. The van der Waals surface area contributed by atoms with Crippen LogP contribution in [0.2, 0.25) is 0 Å². The molecule has 0 aromatic heterocycles. The van der Waals surface area contributed by atoms with E-state index in [1.807, 2.05) is 0 Å². The van der Waals surface area contributed by atoms with Crippen molar-refractivity contribution in [2.24, 2.45) is 0 Å². The average molecular weight is 774 g/mol. The lowest BCUT2D eigenvalue weighted by Gasteiger charge is -2.22. The van der Waals surface area contributed by atoms with Gasteiger partial charge in [0, 0.05) is 12.8 Å².